The molecule has 116 valence electrons. The summed E-state index contributed by atoms with van der Waals surface area (Å²) in [5.41, 5.74) is 2.82. The van der Waals surface area contributed by atoms with Crippen LogP contribution in [0.25, 0.3) is 0 Å². The van der Waals surface area contributed by atoms with Crippen LogP contribution in [0, 0.1) is 5.92 Å². The minimum atomic E-state index is 0.652. The van der Waals surface area contributed by atoms with Gasteiger partial charge >= 0.3 is 0 Å². The molecule has 2 rings (SSSR count). The zero-order valence-corrected chi connectivity index (χ0v) is 12.8. The number of aliphatic imine (C=N–C) groups is 1. The van der Waals surface area contributed by atoms with Crippen LogP contribution in [0.15, 0.2) is 4.99 Å². The van der Waals surface area contributed by atoms with Crippen LogP contribution in [0.1, 0.15) is 51.9 Å². The van der Waals surface area contributed by atoms with Gasteiger partial charge in [0.05, 0.1) is 0 Å². The summed E-state index contributed by atoms with van der Waals surface area (Å²) in [6, 6.07) is 0.652. The van der Waals surface area contributed by atoms with Crippen molar-refractivity contribution in [2.24, 2.45) is 16.8 Å². The molecule has 1 unspecified atom stereocenters. The topological polar surface area (TPSA) is 62.9 Å². The van der Waals surface area contributed by atoms with Crippen molar-refractivity contribution in [3.63, 3.8) is 0 Å². The van der Waals surface area contributed by atoms with Crippen molar-refractivity contribution in [3.05, 3.63) is 0 Å². The van der Waals surface area contributed by atoms with E-state index in [-0.39, 0.29) is 0 Å². The number of nitrogens with zero attached hydrogens (tertiary/aromatic N) is 2. The Morgan fingerprint density at radius 3 is 2.80 bits per heavy atom. The van der Waals surface area contributed by atoms with Crippen molar-refractivity contribution in [2.75, 3.05) is 26.3 Å². The highest BCUT2D eigenvalue weighted by molar-refractivity contribution is 5.80. The van der Waals surface area contributed by atoms with E-state index in [2.05, 4.69) is 15.3 Å². The molecule has 5 heteroatoms. The van der Waals surface area contributed by atoms with Crippen LogP contribution in [0.5, 0.6) is 0 Å². The molecule has 2 fully saturated rings. The first-order chi connectivity index (χ1) is 9.86. The molecular weight excluding hydrogens is 252 g/mol. The fourth-order valence-corrected chi connectivity index (χ4v) is 3.60. The number of hydrogen-bond donors (Lipinski definition) is 2. The lowest BCUT2D eigenvalue weighted by atomic mass is 9.96. The molecule has 5 nitrogen and oxygen atoms in total. The first kappa shape index (κ1) is 15.6. The van der Waals surface area contributed by atoms with Crippen LogP contribution in [0.3, 0.4) is 0 Å². The molecule has 0 spiro atoms. The summed E-state index contributed by atoms with van der Waals surface area (Å²) in [6.45, 7) is 5.46. The first-order valence-electron chi connectivity index (χ1n) is 8.22. The van der Waals surface area contributed by atoms with Gasteiger partial charge in [-0.1, -0.05) is 12.8 Å². The second kappa shape index (κ2) is 8.47. The van der Waals surface area contributed by atoms with Crippen LogP contribution in [-0.2, 0) is 4.74 Å². The zero-order valence-electron chi connectivity index (χ0n) is 12.8. The molecule has 1 saturated heterocycles. The van der Waals surface area contributed by atoms with Gasteiger partial charge < -0.3 is 9.64 Å². The molecule has 1 saturated carbocycles. The first-order valence-corrected chi connectivity index (χ1v) is 8.22. The number of guanidine groups is 1. The average molecular weight is 282 g/mol. The fourth-order valence-electron chi connectivity index (χ4n) is 3.60. The number of hydrogen-bond acceptors (Lipinski definition) is 3. The molecular formula is C15H30N4O. The molecule has 0 bridgehead atoms. The van der Waals surface area contributed by atoms with Gasteiger partial charge in [0.25, 0.3) is 0 Å². The summed E-state index contributed by atoms with van der Waals surface area (Å²) >= 11 is 0. The standard InChI is InChI=1S/C15H30N4O/c1-2-20-12-6-10-17-15(18-16)19-11-5-9-14(19)13-7-3-4-8-13/h13-14H,2-12,16H2,1H3,(H,17,18). The summed E-state index contributed by atoms with van der Waals surface area (Å²) in [4.78, 5) is 7.06. The Morgan fingerprint density at radius 1 is 1.30 bits per heavy atom. The molecule has 1 atom stereocenters. The quantitative estimate of drug-likeness (QED) is 0.257. The van der Waals surface area contributed by atoms with Gasteiger partial charge in [0.15, 0.2) is 0 Å². The maximum Gasteiger partial charge on any atom is 0.208 e. The van der Waals surface area contributed by atoms with Crippen molar-refractivity contribution in [1.82, 2.24) is 10.3 Å². The summed E-state index contributed by atoms with van der Waals surface area (Å²) < 4.78 is 5.34. The van der Waals surface area contributed by atoms with Crippen LogP contribution in [0.4, 0.5) is 0 Å². The normalized spacial score (nSPS) is 24.6. The lowest BCUT2D eigenvalue weighted by Crippen LogP contribution is -2.49. The molecule has 1 heterocycles. The summed E-state index contributed by atoms with van der Waals surface area (Å²) in [5, 5.41) is 0. The van der Waals surface area contributed by atoms with Gasteiger partial charge in [-0.2, -0.15) is 0 Å². The van der Waals surface area contributed by atoms with Crippen molar-refractivity contribution in [1.29, 1.82) is 0 Å². The summed E-state index contributed by atoms with van der Waals surface area (Å²) in [7, 11) is 0. The van der Waals surface area contributed by atoms with E-state index >= 15 is 0 Å². The molecule has 3 N–H and O–H groups in total. The Bertz CT molecular complexity index is 302. The van der Waals surface area contributed by atoms with Crippen molar-refractivity contribution >= 4 is 5.96 Å². The van der Waals surface area contributed by atoms with Crippen molar-refractivity contribution < 1.29 is 4.74 Å². The zero-order chi connectivity index (χ0) is 14.2. The number of nitrogens with two attached hydrogens (primary N) is 1. The third kappa shape index (κ3) is 4.09. The van der Waals surface area contributed by atoms with Gasteiger partial charge in [0.2, 0.25) is 5.96 Å². The predicted octanol–water partition coefficient (Wildman–Crippen LogP) is 1.89. The third-order valence-corrected chi connectivity index (χ3v) is 4.56. The second-order valence-electron chi connectivity index (χ2n) is 5.85. The van der Waals surface area contributed by atoms with Gasteiger partial charge in [-0.15, -0.1) is 0 Å². The molecule has 0 aromatic rings. The van der Waals surface area contributed by atoms with Crippen LogP contribution < -0.4 is 11.3 Å². The molecule has 0 radical (unpaired) electrons. The summed E-state index contributed by atoms with van der Waals surface area (Å²) in [5.74, 6) is 7.43. The third-order valence-electron chi connectivity index (χ3n) is 4.56. The molecule has 0 aromatic carbocycles. The molecule has 1 aliphatic heterocycles. The smallest absolute Gasteiger partial charge is 0.208 e. The number of hydrazine groups is 1. The molecule has 1 aliphatic carbocycles. The summed E-state index contributed by atoms with van der Waals surface area (Å²) in [6.07, 6.45) is 9.07. The van der Waals surface area contributed by atoms with E-state index in [0.29, 0.717) is 6.04 Å². The highest BCUT2D eigenvalue weighted by atomic mass is 16.5. The molecule has 0 aromatic heterocycles. The number of nitrogens with one attached hydrogen (secondary N) is 1. The SMILES string of the molecule is CCOCCCN=C(NN)N1CCCC1C1CCCC1. The molecule has 0 amide bonds. The number of ether oxygens (including phenoxy) is 1. The minimum absolute atomic E-state index is 0.652. The Morgan fingerprint density at radius 2 is 2.10 bits per heavy atom. The van der Waals surface area contributed by atoms with Gasteiger partial charge in [-0.25, -0.2) is 5.84 Å². The van der Waals surface area contributed by atoms with Gasteiger partial charge in [-0.05, 0) is 44.9 Å². The van der Waals surface area contributed by atoms with Crippen molar-refractivity contribution in [2.45, 2.75) is 57.9 Å². The second-order valence-corrected chi connectivity index (χ2v) is 5.85. The Balaban J connectivity index is 1.86. The number of rotatable bonds is 6. The minimum Gasteiger partial charge on any atom is -0.382 e. The largest absolute Gasteiger partial charge is 0.382 e. The van der Waals surface area contributed by atoms with Crippen LogP contribution >= 0.6 is 0 Å². The highest BCUT2D eigenvalue weighted by Crippen LogP contribution is 2.35. The highest BCUT2D eigenvalue weighted by Gasteiger charge is 2.34. The van der Waals surface area contributed by atoms with E-state index in [0.717, 1.165) is 44.6 Å². The molecule has 2 aliphatic rings. The van der Waals surface area contributed by atoms with Gasteiger partial charge in [-0.3, -0.25) is 10.4 Å². The Hall–Kier alpha value is -0.810. The van der Waals surface area contributed by atoms with E-state index in [9.17, 15) is 0 Å². The fraction of sp³-hybridized carbons (Fsp3) is 0.933. The maximum atomic E-state index is 5.70. The monoisotopic (exact) mass is 282 g/mol. The lowest BCUT2D eigenvalue weighted by molar-refractivity contribution is 0.146. The average Bonchev–Trinajstić information content (AvgIpc) is 3.12. The van der Waals surface area contributed by atoms with Crippen molar-refractivity contribution in [3.8, 4) is 0 Å². The van der Waals surface area contributed by atoms with E-state index in [1.165, 1.54) is 38.5 Å². The van der Waals surface area contributed by atoms with E-state index in [4.69, 9.17) is 10.6 Å². The predicted molar refractivity (Wildman–Crippen MR) is 82.4 cm³/mol. The van der Waals surface area contributed by atoms with Crippen LogP contribution in [-0.4, -0.2) is 43.2 Å². The lowest BCUT2D eigenvalue weighted by Gasteiger charge is -2.31. The maximum absolute atomic E-state index is 5.70. The number of likely N-dealkylation sites (tertiary alicyclic amines) is 1. The molecule has 20 heavy (non-hydrogen) atoms. The Labute approximate surface area is 122 Å². The van der Waals surface area contributed by atoms with Gasteiger partial charge in [0.1, 0.15) is 0 Å². The van der Waals surface area contributed by atoms with E-state index < -0.39 is 0 Å². The van der Waals surface area contributed by atoms with E-state index in [1.807, 2.05) is 6.92 Å². The van der Waals surface area contributed by atoms with Gasteiger partial charge in [0, 0.05) is 32.3 Å². The Kier molecular flexibility index (Phi) is 6.60. The van der Waals surface area contributed by atoms with Crippen LogP contribution in [0.2, 0.25) is 0 Å². The van der Waals surface area contributed by atoms with E-state index in [1.54, 1.807) is 0 Å².